The molecule has 0 spiro atoms. The minimum Gasteiger partial charge on any atom is -0.392 e. The Morgan fingerprint density at radius 1 is 0.920 bits per heavy atom. The Kier molecular flexibility index (Phi) is 4.04. The van der Waals surface area contributed by atoms with E-state index in [2.05, 4.69) is 23.3 Å². The molecule has 4 heteroatoms. The van der Waals surface area contributed by atoms with Crippen LogP contribution in [0.3, 0.4) is 0 Å². The molecular formula is C21H17ClN2O. The predicted molar refractivity (Wildman–Crippen MR) is 102 cm³/mol. The largest absolute Gasteiger partial charge is 0.392 e. The molecule has 0 bridgehead atoms. The van der Waals surface area contributed by atoms with Crippen molar-refractivity contribution in [1.29, 1.82) is 0 Å². The summed E-state index contributed by atoms with van der Waals surface area (Å²) in [5, 5.41) is 10.1. The van der Waals surface area contributed by atoms with Crippen molar-refractivity contribution in [3.8, 4) is 22.4 Å². The van der Waals surface area contributed by atoms with E-state index in [0.29, 0.717) is 5.02 Å². The molecule has 0 amide bonds. The number of rotatable bonds is 3. The van der Waals surface area contributed by atoms with Gasteiger partial charge in [0.05, 0.1) is 12.3 Å². The van der Waals surface area contributed by atoms with Crippen LogP contribution in [0, 0.1) is 6.92 Å². The van der Waals surface area contributed by atoms with Gasteiger partial charge < -0.3 is 9.51 Å². The Hall–Kier alpha value is -2.62. The zero-order valence-electron chi connectivity index (χ0n) is 13.8. The van der Waals surface area contributed by atoms with Gasteiger partial charge in [0.2, 0.25) is 0 Å². The molecule has 2 heterocycles. The first kappa shape index (κ1) is 15.9. The number of benzene rings is 2. The minimum atomic E-state index is 0.0444. The Morgan fingerprint density at radius 3 is 2.44 bits per heavy atom. The van der Waals surface area contributed by atoms with Gasteiger partial charge in [0.25, 0.3) is 0 Å². The van der Waals surface area contributed by atoms with Crippen molar-refractivity contribution in [2.45, 2.75) is 13.5 Å². The van der Waals surface area contributed by atoms with Crippen molar-refractivity contribution in [3.05, 3.63) is 83.1 Å². The Balaban J connectivity index is 1.78. The molecule has 4 aromatic rings. The number of aromatic nitrogens is 2. The van der Waals surface area contributed by atoms with Crippen molar-refractivity contribution in [3.63, 3.8) is 0 Å². The van der Waals surface area contributed by atoms with Gasteiger partial charge in [-0.2, -0.15) is 0 Å². The maximum Gasteiger partial charge on any atom is 0.137 e. The third kappa shape index (κ3) is 3.16. The highest BCUT2D eigenvalue weighted by Gasteiger charge is 2.07. The van der Waals surface area contributed by atoms with Crippen LogP contribution in [0.4, 0.5) is 0 Å². The van der Waals surface area contributed by atoms with E-state index in [1.54, 1.807) is 0 Å². The SMILES string of the molecule is Cc1cc(CO)cc(-c2ccc3nc(-c4ccc(Cl)cc4)cn3c2)c1. The van der Waals surface area contributed by atoms with Crippen LogP contribution >= 0.6 is 11.6 Å². The topological polar surface area (TPSA) is 37.5 Å². The lowest BCUT2D eigenvalue weighted by molar-refractivity contribution is 0.282. The zero-order chi connectivity index (χ0) is 17.4. The zero-order valence-corrected chi connectivity index (χ0v) is 14.5. The maximum absolute atomic E-state index is 9.43. The summed E-state index contributed by atoms with van der Waals surface area (Å²) in [7, 11) is 0. The number of hydrogen-bond donors (Lipinski definition) is 1. The lowest BCUT2D eigenvalue weighted by Gasteiger charge is -2.07. The van der Waals surface area contributed by atoms with E-state index >= 15 is 0 Å². The Labute approximate surface area is 151 Å². The van der Waals surface area contributed by atoms with Crippen LogP contribution in [0.15, 0.2) is 67.0 Å². The van der Waals surface area contributed by atoms with Gasteiger partial charge in [-0.3, -0.25) is 0 Å². The molecule has 2 aromatic heterocycles. The van der Waals surface area contributed by atoms with E-state index in [1.807, 2.05) is 60.0 Å². The second kappa shape index (κ2) is 6.36. The number of fused-ring (bicyclic) bond motifs is 1. The molecule has 0 atom stereocenters. The van der Waals surface area contributed by atoms with E-state index in [9.17, 15) is 5.11 Å². The molecule has 124 valence electrons. The van der Waals surface area contributed by atoms with Crippen LogP contribution in [0.2, 0.25) is 5.02 Å². The maximum atomic E-state index is 9.43. The van der Waals surface area contributed by atoms with Crippen molar-refractivity contribution in [2.24, 2.45) is 0 Å². The van der Waals surface area contributed by atoms with E-state index in [1.165, 1.54) is 0 Å². The molecule has 4 rings (SSSR count). The fourth-order valence-corrected chi connectivity index (χ4v) is 3.17. The highest BCUT2D eigenvalue weighted by Crippen LogP contribution is 2.26. The molecule has 0 fully saturated rings. The van der Waals surface area contributed by atoms with E-state index in [-0.39, 0.29) is 6.61 Å². The molecule has 0 aliphatic heterocycles. The monoisotopic (exact) mass is 348 g/mol. The summed E-state index contributed by atoms with van der Waals surface area (Å²) in [4.78, 5) is 4.68. The number of nitrogens with zero attached hydrogens (tertiary/aromatic N) is 2. The molecule has 0 radical (unpaired) electrons. The number of aryl methyl sites for hydroxylation is 1. The summed E-state index contributed by atoms with van der Waals surface area (Å²) in [5.41, 5.74) is 7.07. The fourth-order valence-electron chi connectivity index (χ4n) is 3.04. The molecule has 3 nitrogen and oxygen atoms in total. The van der Waals surface area contributed by atoms with Crippen molar-refractivity contribution in [1.82, 2.24) is 9.38 Å². The highest BCUT2D eigenvalue weighted by molar-refractivity contribution is 6.30. The van der Waals surface area contributed by atoms with Gasteiger partial charge in [0.1, 0.15) is 5.65 Å². The smallest absolute Gasteiger partial charge is 0.137 e. The molecule has 25 heavy (non-hydrogen) atoms. The lowest BCUT2D eigenvalue weighted by atomic mass is 10.0. The molecule has 0 unspecified atom stereocenters. The van der Waals surface area contributed by atoms with Gasteiger partial charge in [-0.1, -0.05) is 41.4 Å². The lowest BCUT2D eigenvalue weighted by Crippen LogP contribution is -1.89. The molecular weight excluding hydrogens is 332 g/mol. The van der Waals surface area contributed by atoms with Gasteiger partial charge >= 0.3 is 0 Å². The molecule has 1 N–H and O–H groups in total. The van der Waals surface area contributed by atoms with Crippen molar-refractivity contribution in [2.75, 3.05) is 0 Å². The normalized spacial score (nSPS) is 11.2. The van der Waals surface area contributed by atoms with Gasteiger partial charge in [0, 0.05) is 23.0 Å². The summed E-state index contributed by atoms with van der Waals surface area (Å²) < 4.78 is 2.03. The Bertz CT molecular complexity index is 1050. The van der Waals surface area contributed by atoms with Crippen LogP contribution in [0.5, 0.6) is 0 Å². The quantitative estimate of drug-likeness (QED) is 0.557. The predicted octanol–water partition coefficient (Wildman–Crippen LogP) is 5.12. The van der Waals surface area contributed by atoms with Gasteiger partial charge in [-0.05, 0) is 53.9 Å². The van der Waals surface area contributed by atoms with Crippen LogP contribution in [0.25, 0.3) is 28.0 Å². The van der Waals surface area contributed by atoms with Crippen LogP contribution < -0.4 is 0 Å². The number of aliphatic hydroxyl groups excluding tert-OH is 1. The van der Waals surface area contributed by atoms with Gasteiger partial charge in [-0.15, -0.1) is 0 Å². The molecule has 0 aliphatic carbocycles. The first-order valence-electron chi connectivity index (χ1n) is 8.09. The van der Waals surface area contributed by atoms with Crippen molar-refractivity contribution >= 4 is 17.2 Å². The summed E-state index contributed by atoms with van der Waals surface area (Å²) in [5.74, 6) is 0. The van der Waals surface area contributed by atoms with Crippen molar-refractivity contribution < 1.29 is 5.11 Å². The summed E-state index contributed by atoms with van der Waals surface area (Å²) in [6.07, 6.45) is 4.09. The number of halogens is 1. The second-order valence-corrected chi connectivity index (χ2v) is 6.62. The number of pyridine rings is 1. The van der Waals surface area contributed by atoms with E-state index in [0.717, 1.165) is 39.2 Å². The number of hydrogen-bond acceptors (Lipinski definition) is 2. The Morgan fingerprint density at radius 2 is 1.68 bits per heavy atom. The molecule has 2 aromatic carbocycles. The van der Waals surface area contributed by atoms with Gasteiger partial charge in [-0.25, -0.2) is 4.98 Å². The molecule has 0 saturated heterocycles. The summed E-state index contributed by atoms with van der Waals surface area (Å²) in [6, 6.07) is 17.9. The van der Waals surface area contributed by atoms with E-state index < -0.39 is 0 Å². The second-order valence-electron chi connectivity index (χ2n) is 6.18. The highest BCUT2D eigenvalue weighted by atomic mass is 35.5. The number of aliphatic hydroxyl groups is 1. The molecule has 0 saturated carbocycles. The third-order valence-corrected chi connectivity index (χ3v) is 4.50. The van der Waals surface area contributed by atoms with Crippen LogP contribution in [0.1, 0.15) is 11.1 Å². The first-order chi connectivity index (χ1) is 12.1. The fraction of sp³-hybridized carbons (Fsp3) is 0.0952. The van der Waals surface area contributed by atoms with Gasteiger partial charge in [0.15, 0.2) is 0 Å². The number of imidazole rings is 1. The van der Waals surface area contributed by atoms with E-state index in [4.69, 9.17) is 11.6 Å². The standard InChI is InChI=1S/C21H17ClN2O/c1-14-8-15(13-25)10-18(9-14)17-4-7-21-23-20(12-24(21)11-17)16-2-5-19(22)6-3-16/h2-12,25H,13H2,1H3. The van der Waals surface area contributed by atoms with Crippen LogP contribution in [-0.4, -0.2) is 14.5 Å². The summed E-state index contributed by atoms with van der Waals surface area (Å²) >= 11 is 5.96. The molecule has 0 aliphatic rings. The summed E-state index contributed by atoms with van der Waals surface area (Å²) in [6.45, 7) is 2.08. The van der Waals surface area contributed by atoms with Crippen LogP contribution in [-0.2, 0) is 6.61 Å². The average Bonchev–Trinajstić information content (AvgIpc) is 3.05. The first-order valence-corrected chi connectivity index (χ1v) is 8.47. The average molecular weight is 349 g/mol. The third-order valence-electron chi connectivity index (χ3n) is 4.24. The minimum absolute atomic E-state index is 0.0444.